The molecule has 6 heteroatoms. The largest absolute Gasteiger partial charge is 0.396 e. The summed E-state index contributed by atoms with van der Waals surface area (Å²) in [5.41, 5.74) is 0. The minimum absolute atomic E-state index is 0.0375. The summed E-state index contributed by atoms with van der Waals surface area (Å²) in [6, 6.07) is 3.62. The minimum Gasteiger partial charge on any atom is -0.396 e. The highest BCUT2D eigenvalue weighted by atomic mass is 79.9. The number of anilines is 1. The zero-order valence-corrected chi connectivity index (χ0v) is 13.0. The van der Waals surface area contributed by atoms with Gasteiger partial charge in [-0.2, -0.15) is 0 Å². The molecule has 0 aromatic carbocycles. The van der Waals surface area contributed by atoms with Gasteiger partial charge in [0.05, 0.1) is 6.54 Å². The average Bonchev–Trinajstić information content (AvgIpc) is 2.42. The van der Waals surface area contributed by atoms with Crippen LogP contribution in [0.3, 0.4) is 0 Å². The molecule has 0 radical (unpaired) electrons. The molecule has 1 aliphatic rings. The van der Waals surface area contributed by atoms with Crippen molar-refractivity contribution in [2.45, 2.75) is 19.3 Å². The Balaban J connectivity index is 1.80. The van der Waals surface area contributed by atoms with Crippen LogP contribution < -0.4 is 5.32 Å². The first kappa shape index (κ1) is 15.4. The lowest BCUT2D eigenvalue weighted by Crippen LogP contribution is -2.40. The predicted octanol–water partition coefficient (Wildman–Crippen LogP) is 1.88. The molecular weight excluding hydrogens is 322 g/mol. The lowest BCUT2D eigenvalue weighted by Gasteiger charge is -2.31. The Morgan fingerprint density at radius 1 is 1.55 bits per heavy atom. The molecule has 5 nitrogen and oxygen atoms in total. The molecule has 1 amide bonds. The maximum Gasteiger partial charge on any atom is 0.239 e. The Morgan fingerprint density at radius 2 is 2.40 bits per heavy atom. The Hall–Kier alpha value is -0.980. The van der Waals surface area contributed by atoms with E-state index in [2.05, 4.69) is 31.1 Å². The van der Waals surface area contributed by atoms with Gasteiger partial charge in [0.25, 0.3) is 0 Å². The first-order valence-corrected chi connectivity index (χ1v) is 7.71. The van der Waals surface area contributed by atoms with E-state index in [1.807, 2.05) is 6.07 Å². The van der Waals surface area contributed by atoms with Gasteiger partial charge in [0, 0.05) is 23.8 Å². The molecule has 2 rings (SSSR count). The standard InChI is InChI=1S/C14H20BrN3O2/c15-12-3-4-13(16-8-12)17-14(20)10-18-6-1-2-11(9-18)5-7-19/h3-4,8,11,19H,1-2,5-7,9-10H2,(H,16,17,20). The van der Waals surface area contributed by atoms with E-state index in [0.29, 0.717) is 18.3 Å². The molecule has 1 atom stereocenters. The van der Waals surface area contributed by atoms with E-state index in [1.165, 1.54) is 0 Å². The van der Waals surface area contributed by atoms with Crippen molar-refractivity contribution in [2.75, 3.05) is 31.6 Å². The van der Waals surface area contributed by atoms with Crippen LogP contribution in [0.4, 0.5) is 5.82 Å². The second-order valence-electron chi connectivity index (χ2n) is 5.17. The van der Waals surface area contributed by atoms with Gasteiger partial charge in [-0.15, -0.1) is 0 Å². The van der Waals surface area contributed by atoms with Crippen molar-refractivity contribution in [2.24, 2.45) is 5.92 Å². The number of likely N-dealkylation sites (tertiary alicyclic amines) is 1. The van der Waals surface area contributed by atoms with E-state index < -0.39 is 0 Å². The second-order valence-corrected chi connectivity index (χ2v) is 6.08. The quantitative estimate of drug-likeness (QED) is 0.858. The molecule has 0 bridgehead atoms. The zero-order valence-electron chi connectivity index (χ0n) is 11.4. The highest BCUT2D eigenvalue weighted by Crippen LogP contribution is 2.19. The third kappa shape index (κ3) is 4.85. The molecule has 0 saturated carbocycles. The number of aromatic nitrogens is 1. The molecule has 1 aliphatic heterocycles. The van der Waals surface area contributed by atoms with Crippen molar-refractivity contribution in [3.8, 4) is 0 Å². The van der Waals surface area contributed by atoms with E-state index in [1.54, 1.807) is 12.3 Å². The topological polar surface area (TPSA) is 65.5 Å². The molecule has 2 N–H and O–H groups in total. The monoisotopic (exact) mass is 341 g/mol. The number of nitrogens with zero attached hydrogens (tertiary/aromatic N) is 2. The van der Waals surface area contributed by atoms with Gasteiger partial charge in [-0.25, -0.2) is 4.98 Å². The summed E-state index contributed by atoms with van der Waals surface area (Å²) < 4.78 is 0.887. The van der Waals surface area contributed by atoms with Gasteiger partial charge in [0.2, 0.25) is 5.91 Å². The zero-order chi connectivity index (χ0) is 14.4. The van der Waals surface area contributed by atoms with E-state index >= 15 is 0 Å². The second kappa shape index (κ2) is 7.71. The van der Waals surface area contributed by atoms with Gasteiger partial charge in [-0.1, -0.05) is 0 Å². The van der Waals surface area contributed by atoms with Crippen LogP contribution in [0.15, 0.2) is 22.8 Å². The highest BCUT2D eigenvalue weighted by Gasteiger charge is 2.21. The Labute approximate surface area is 127 Å². The van der Waals surface area contributed by atoms with E-state index in [4.69, 9.17) is 5.11 Å². The van der Waals surface area contributed by atoms with Crippen LogP contribution in [0.2, 0.25) is 0 Å². The number of piperidine rings is 1. The molecule has 1 aromatic heterocycles. The number of halogens is 1. The van der Waals surface area contributed by atoms with Crippen LogP contribution in [0, 0.1) is 5.92 Å². The molecule has 20 heavy (non-hydrogen) atoms. The minimum atomic E-state index is -0.0375. The number of nitrogens with one attached hydrogen (secondary N) is 1. The molecule has 2 heterocycles. The van der Waals surface area contributed by atoms with Crippen LogP contribution in [0.1, 0.15) is 19.3 Å². The van der Waals surface area contributed by atoms with Crippen LogP contribution in [0.25, 0.3) is 0 Å². The SMILES string of the molecule is O=C(CN1CCCC(CCO)C1)Nc1ccc(Br)cn1. The molecule has 0 aliphatic carbocycles. The molecule has 1 fully saturated rings. The number of carbonyl (C=O) groups excluding carboxylic acids is 1. The third-order valence-corrected chi connectivity index (χ3v) is 3.97. The van der Waals surface area contributed by atoms with Crippen molar-refractivity contribution < 1.29 is 9.90 Å². The average molecular weight is 342 g/mol. The Bertz CT molecular complexity index is 437. The van der Waals surface area contributed by atoms with Gasteiger partial charge < -0.3 is 10.4 Å². The summed E-state index contributed by atoms with van der Waals surface area (Å²) in [5, 5.41) is 11.8. The van der Waals surface area contributed by atoms with Crippen molar-refractivity contribution in [1.82, 2.24) is 9.88 Å². The van der Waals surface area contributed by atoms with Crippen molar-refractivity contribution >= 4 is 27.7 Å². The van der Waals surface area contributed by atoms with Crippen LogP contribution in [0.5, 0.6) is 0 Å². The fraction of sp³-hybridized carbons (Fsp3) is 0.571. The van der Waals surface area contributed by atoms with Gasteiger partial charge >= 0.3 is 0 Å². The van der Waals surface area contributed by atoms with Gasteiger partial charge in [-0.3, -0.25) is 9.69 Å². The number of rotatable bonds is 5. The Kier molecular flexibility index (Phi) is 5.94. The maximum atomic E-state index is 12.0. The maximum absolute atomic E-state index is 12.0. The molecule has 0 spiro atoms. The number of pyridine rings is 1. The highest BCUT2D eigenvalue weighted by molar-refractivity contribution is 9.10. The molecule has 110 valence electrons. The first-order valence-electron chi connectivity index (χ1n) is 6.92. The first-order chi connectivity index (χ1) is 9.67. The van der Waals surface area contributed by atoms with E-state index in [-0.39, 0.29) is 12.5 Å². The summed E-state index contributed by atoms with van der Waals surface area (Å²) >= 11 is 3.31. The van der Waals surface area contributed by atoms with Crippen molar-refractivity contribution in [3.05, 3.63) is 22.8 Å². The van der Waals surface area contributed by atoms with Crippen molar-refractivity contribution in [3.63, 3.8) is 0 Å². The number of aliphatic hydroxyl groups excluding tert-OH is 1. The molecular formula is C14H20BrN3O2. The summed E-state index contributed by atoms with van der Waals surface area (Å²) in [5.74, 6) is 1.04. The lowest BCUT2D eigenvalue weighted by atomic mass is 9.95. The third-order valence-electron chi connectivity index (χ3n) is 3.50. The molecule has 1 saturated heterocycles. The Morgan fingerprint density at radius 3 is 3.10 bits per heavy atom. The fourth-order valence-electron chi connectivity index (χ4n) is 2.55. The molecule has 1 unspecified atom stereocenters. The number of hydrogen-bond acceptors (Lipinski definition) is 4. The van der Waals surface area contributed by atoms with Gasteiger partial charge in [0.15, 0.2) is 0 Å². The number of carbonyl (C=O) groups is 1. The molecule has 1 aromatic rings. The summed E-state index contributed by atoms with van der Waals surface area (Å²) in [7, 11) is 0. The van der Waals surface area contributed by atoms with Crippen LogP contribution >= 0.6 is 15.9 Å². The summed E-state index contributed by atoms with van der Waals surface area (Å²) in [6.07, 6.45) is 4.72. The van der Waals surface area contributed by atoms with E-state index in [9.17, 15) is 4.79 Å². The number of hydrogen-bond donors (Lipinski definition) is 2. The van der Waals surface area contributed by atoms with Gasteiger partial charge in [0.1, 0.15) is 5.82 Å². The van der Waals surface area contributed by atoms with Crippen LogP contribution in [-0.4, -0.2) is 47.1 Å². The lowest BCUT2D eigenvalue weighted by molar-refractivity contribution is -0.117. The van der Waals surface area contributed by atoms with E-state index in [0.717, 1.165) is 36.8 Å². The summed E-state index contributed by atoms with van der Waals surface area (Å²) in [6.45, 7) is 2.46. The van der Waals surface area contributed by atoms with Crippen LogP contribution in [-0.2, 0) is 4.79 Å². The van der Waals surface area contributed by atoms with Crippen molar-refractivity contribution in [1.29, 1.82) is 0 Å². The number of aliphatic hydroxyl groups is 1. The summed E-state index contributed by atoms with van der Waals surface area (Å²) in [4.78, 5) is 18.3. The predicted molar refractivity (Wildman–Crippen MR) is 81.4 cm³/mol. The smallest absolute Gasteiger partial charge is 0.239 e. The normalized spacial score (nSPS) is 19.8. The fourth-order valence-corrected chi connectivity index (χ4v) is 2.78. The van der Waals surface area contributed by atoms with Gasteiger partial charge in [-0.05, 0) is 59.8 Å². The number of amides is 1.